The molecule has 0 unspecified atom stereocenters. The zero-order valence-electron chi connectivity index (χ0n) is 10.1. The van der Waals surface area contributed by atoms with Crippen LogP contribution in [0, 0.1) is 5.92 Å². The van der Waals surface area contributed by atoms with Crippen molar-refractivity contribution in [2.75, 3.05) is 19.8 Å². The molecule has 1 saturated heterocycles. The number of amides is 1. The molecule has 17 heavy (non-hydrogen) atoms. The fourth-order valence-electron chi connectivity index (χ4n) is 1.91. The van der Waals surface area contributed by atoms with E-state index in [2.05, 4.69) is 5.32 Å². The van der Waals surface area contributed by atoms with Crippen molar-refractivity contribution in [2.24, 2.45) is 5.92 Å². The molecule has 0 aromatic rings. The summed E-state index contributed by atoms with van der Waals surface area (Å²) < 4.78 is 5.23. The lowest BCUT2D eigenvalue weighted by Crippen LogP contribution is -2.28. The number of hydrogen-bond donors (Lipinski definition) is 2. The van der Waals surface area contributed by atoms with Crippen molar-refractivity contribution in [3.63, 3.8) is 0 Å². The minimum Gasteiger partial charge on any atom is -0.481 e. The molecule has 0 spiro atoms. The molecule has 1 aliphatic rings. The lowest BCUT2D eigenvalue weighted by Gasteiger charge is -2.21. The van der Waals surface area contributed by atoms with Crippen LogP contribution < -0.4 is 5.32 Å². The number of carbonyl (C=O) groups excluding carboxylic acids is 1. The van der Waals surface area contributed by atoms with Crippen LogP contribution in [0.1, 0.15) is 38.5 Å². The van der Waals surface area contributed by atoms with Crippen molar-refractivity contribution < 1.29 is 19.4 Å². The number of carbonyl (C=O) groups is 2. The maximum Gasteiger partial charge on any atom is 0.303 e. The van der Waals surface area contributed by atoms with Gasteiger partial charge in [-0.05, 0) is 31.6 Å². The summed E-state index contributed by atoms with van der Waals surface area (Å²) in [5, 5.41) is 11.3. The lowest BCUT2D eigenvalue weighted by molar-refractivity contribution is -0.137. The average Bonchev–Trinajstić information content (AvgIpc) is 2.29. The minimum absolute atomic E-state index is 0.0761. The van der Waals surface area contributed by atoms with Crippen molar-refractivity contribution in [3.05, 3.63) is 0 Å². The van der Waals surface area contributed by atoms with Gasteiger partial charge in [-0.3, -0.25) is 9.59 Å². The molecule has 2 N–H and O–H groups in total. The second-order valence-electron chi connectivity index (χ2n) is 4.46. The van der Waals surface area contributed by atoms with Gasteiger partial charge >= 0.3 is 5.97 Å². The molecule has 5 heteroatoms. The van der Waals surface area contributed by atoms with E-state index < -0.39 is 5.97 Å². The van der Waals surface area contributed by atoms with E-state index in [9.17, 15) is 9.59 Å². The Labute approximate surface area is 102 Å². The Morgan fingerprint density at radius 2 is 1.94 bits per heavy atom. The maximum atomic E-state index is 11.5. The molecule has 1 rings (SSSR count). The van der Waals surface area contributed by atoms with Crippen molar-refractivity contribution >= 4 is 11.9 Å². The smallest absolute Gasteiger partial charge is 0.303 e. The van der Waals surface area contributed by atoms with Crippen molar-refractivity contribution in [3.8, 4) is 0 Å². The average molecular weight is 243 g/mol. The first kappa shape index (κ1) is 14.0. The summed E-state index contributed by atoms with van der Waals surface area (Å²) in [6.07, 6.45) is 4.02. The van der Waals surface area contributed by atoms with Crippen LogP contribution in [0.2, 0.25) is 0 Å². The molecule has 5 nitrogen and oxygen atoms in total. The van der Waals surface area contributed by atoms with Crippen LogP contribution in [0.5, 0.6) is 0 Å². The summed E-state index contributed by atoms with van der Waals surface area (Å²) in [5.74, 6) is -0.256. The van der Waals surface area contributed by atoms with Crippen LogP contribution in [0.25, 0.3) is 0 Å². The van der Waals surface area contributed by atoms with Crippen LogP contribution in [0.3, 0.4) is 0 Å². The topological polar surface area (TPSA) is 75.6 Å². The van der Waals surface area contributed by atoms with Gasteiger partial charge in [0.15, 0.2) is 0 Å². The third-order valence-electron chi connectivity index (χ3n) is 2.95. The van der Waals surface area contributed by atoms with Crippen LogP contribution >= 0.6 is 0 Å². The Bertz CT molecular complexity index is 249. The Morgan fingerprint density at radius 3 is 2.59 bits per heavy atom. The minimum atomic E-state index is -0.779. The number of carboxylic acid groups (broad SMARTS) is 1. The summed E-state index contributed by atoms with van der Waals surface area (Å²) in [6.45, 7) is 2.10. The predicted molar refractivity (Wildman–Crippen MR) is 62.7 cm³/mol. The van der Waals surface area contributed by atoms with Gasteiger partial charge in [-0.15, -0.1) is 0 Å². The molecule has 1 amide bonds. The predicted octanol–water partition coefficient (Wildman–Crippen LogP) is 1.17. The van der Waals surface area contributed by atoms with E-state index in [0.717, 1.165) is 32.5 Å². The fraction of sp³-hybridized carbons (Fsp3) is 0.833. The van der Waals surface area contributed by atoms with E-state index >= 15 is 0 Å². The van der Waals surface area contributed by atoms with Gasteiger partial charge in [0.1, 0.15) is 0 Å². The molecular formula is C12H21NO4. The first-order valence-electron chi connectivity index (χ1n) is 6.24. The van der Waals surface area contributed by atoms with Crippen LogP contribution in [-0.2, 0) is 14.3 Å². The molecule has 0 saturated carbocycles. The van der Waals surface area contributed by atoms with Gasteiger partial charge in [-0.25, -0.2) is 0 Å². The largest absolute Gasteiger partial charge is 0.481 e. The normalized spacial score (nSPS) is 16.7. The fourth-order valence-corrected chi connectivity index (χ4v) is 1.91. The summed E-state index contributed by atoms with van der Waals surface area (Å²) in [7, 11) is 0. The first-order valence-corrected chi connectivity index (χ1v) is 6.24. The Morgan fingerprint density at radius 1 is 1.24 bits per heavy atom. The maximum absolute atomic E-state index is 11.5. The highest BCUT2D eigenvalue weighted by molar-refractivity contribution is 5.76. The summed E-state index contributed by atoms with van der Waals surface area (Å²) >= 11 is 0. The molecule has 0 radical (unpaired) electrons. The quantitative estimate of drug-likeness (QED) is 0.658. The van der Waals surface area contributed by atoms with Crippen molar-refractivity contribution in [1.29, 1.82) is 0 Å². The molecule has 0 aromatic heterocycles. The van der Waals surface area contributed by atoms with Gasteiger partial charge in [-0.2, -0.15) is 0 Å². The molecule has 1 fully saturated rings. The van der Waals surface area contributed by atoms with Gasteiger partial charge in [0.2, 0.25) is 5.91 Å². The van der Waals surface area contributed by atoms with Crippen LogP contribution in [-0.4, -0.2) is 36.7 Å². The van der Waals surface area contributed by atoms with Crippen molar-refractivity contribution in [1.82, 2.24) is 5.32 Å². The van der Waals surface area contributed by atoms with E-state index in [0.29, 0.717) is 25.3 Å². The zero-order valence-corrected chi connectivity index (χ0v) is 10.1. The van der Waals surface area contributed by atoms with Crippen LogP contribution in [0.15, 0.2) is 0 Å². The summed E-state index contributed by atoms with van der Waals surface area (Å²) in [5.41, 5.74) is 0. The molecule has 1 heterocycles. The standard InChI is InChI=1S/C12H21NO4/c14-11(9-10-4-7-17-8-5-10)13-6-2-1-3-12(15)16/h10H,1-9H2,(H,13,14)(H,15,16). The van der Waals surface area contributed by atoms with E-state index in [1.54, 1.807) is 0 Å². The Hall–Kier alpha value is -1.10. The number of nitrogens with one attached hydrogen (secondary N) is 1. The first-order chi connectivity index (χ1) is 8.18. The second kappa shape index (κ2) is 8.06. The number of hydrogen-bond acceptors (Lipinski definition) is 3. The molecule has 0 aromatic carbocycles. The molecule has 0 bridgehead atoms. The molecule has 1 aliphatic heterocycles. The van der Waals surface area contributed by atoms with E-state index in [-0.39, 0.29) is 12.3 Å². The van der Waals surface area contributed by atoms with Crippen LogP contribution in [0.4, 0.5) is 0 Å². The van der Waals surface area contributed by atoms with E-state index in [1.165, 1.54) is 0 Å². The highest BCUT2D eigenvalue weighted by Gasteiger charge is 2.16. The van der Waals surface area contributed by atoms with Crippen molar-refractivity contribution in [2.45, 2.75) is 38.5 Å². The number of carboxylic acids is 1. The van der Waals surface area contributed by atoms with Gasteiger partial charge in [0.05, 0.1) is 0 Å². The zero-order chi connectivity index (χ0) is 12.5. The van der Waals surface area contributed by atoms with E-state index in [4.69, 9.17) is 9.84 Å². The molecule has 0 atom stereocenters. The Kier molecular flexibility index (Phi) is 6.62. The number of aliphatic carboxylic acids is 1. The molecular weight excluding hydrogens is 222 g/mol. The SMILES string of the molecule is O=C(O)CCCCNC(=O)CC1CCOCC1. The highest BCUT2D eigenvalue weighted by Crippen LogP contribution is 2.17. The molecule has 0 aliphatic carbocycles. The van der Waals surface area contributed by atoms with Gasteiger partial charge < -0.3 is 15.2 Å². The number of rotatable bonds is 7. The summed E-state index contributed by atoms with van der Waals surface area (Å²) in [4.78, 5) is 21.8. The van der Waals surface area contributed by atoms with Gasteiger partial charge in [0.25, 0.3) is 0 Å². The third kappa shape index (κ3) is 6.94. The number of unbranched alkanes of at least 4 members (excludes halogenated alkanes) is 1. The van der Waals surface area contributed by atoms with Gasteiger partial charge in [-0.1, -0.05) is 0 Å². The van der Waals surface area contributed by atoms with E-state index in [1.807, 2.05) is 0 Å². The monoisotopic (exact) mass is 243 g/mol. The lowest BCUT2D eigenvalue weighted by atomic mass is 9.96. The molecule has 98 valence electrons. The highest BCUT2D eigenvalue weighted by atomic mass is 16.5. The Balaban J connectivity index is 1.98. The second-order valence-corrected chi connectivity index (χ2v) is 4.46. The van der Waals surface area contributed by atoms with Gasteiger partial charge in [0, 0.05) is 32.6 Å². The summed E-state index contributed by atoms with van der Waals surface area (Å²) in [6, 6.07) is 0. The third-order valence-corrected chi connectivity index (χ3v) is 2.95. The number of ether oxygens (including phenoxy) is 1.